The van der Waals surface area contributed by atoms with Gasteiger partial charge in [0.2, 0.25) is 0 Å². The number of imidazole rings is 1. The van der Waals surface area contributed by atoms with Crippen LogP contribution in [0.4, 0.5) is 5.69 Å². The van der Waals surface area contributed by atoms with Gasteiger partial charge in [0, 0.05) is 16.6 Å². The molecule has 3 aromatic carbocycles. The van der Waals surface area contributed by atoms with E-state index in [0.717, 1.165) is 39.0 Å². The molecule has 5 rings (SSSR count). The molecule has 0 spiro atoms. The van der Waals surface area contributed by atoms with E-state index in [1.54, 1.807) is 0 Å². The molecule has 0 saturated carbocycles. The molecule has 114 valence electrons. The number of para-hydroxylation sites is 4. The zero-order valence-electron chi connectivity index (χ0n) is 13.6. The van der Waals surface area contributed by atoms with Crippen molar-refractivity contribution in [1.82, 2.24) is 14.4 Å². The molecule has 2 aromatic heterocycles. The van der Waals surface area contributed by atoms with Gasteiger partial charge in [0.25, 0.3) is 0 Å². The van der Waals surface area contributed by atoms with Crippen LogP contribution in [0.25, 0.3) is 39.0 Å². The van der Waals surface area contributed by atoms with Gasteiger partial charge < -0.3 is 5.73 Å². The third-order valence-electron chi connectivity index (χ3n) is 4.35. The first-order valence-corrected chi connectivity index (χ1v) is 7.84. The van der Waals surface area contributed by atoms with Crippen molar-refractivity contribution in [2.75, 3.05) is 5.73 Å². The second-order valence-corrected chi connectivity index (χ2v) is 5.80. The van der Waals surface area contributed by atoms with Crippen molar-refractivity contribution in [1.29, 1.82) is 0 Å². The van der Waals surface area contributed by atoms with Gasteiger partial charge in [0.05, 0.1) is 16.6 Å². The first-order chi connectivity index (χ1) is 11.8. The number of hydrogen-bond donors (Lipinski definition) is 1. The Balaban J connectivity index is 0.00000157. The molecule has 0 radical (unpaired) electrons. The summed E-state index contributed by atoms with van der Waals surface area (Å²) in [6.07, 6.45) is 0. The Labute approximate surface area is 157 Å². The van der Waals surface area contributed by atoms with Crippen molar-refractivity contribution in [2.24, 2.45) is 0 Å². The Morgan fingerprint density at radius 2 is 1.40 bits per heavy atom. The molecule has 25 heavy (non-hydrogen) atoms. The molecule has 0 aliphatic carbocycles. The van der Waals surface area contributed by atoms with Gasteiger partial charge in [0.15, 0.2) is 0 Å². The molecule has 0 aliphatic heterocycles. The van der Waals surface area contributed by atoms with Crippen LogP contribution in [0, 0.1) is 0 Å². The van der Waals surface area contributed by atoms with E-state index in [9.17, 15) is 0 Å². The van der Waals surface area contributed by atoms with Crippen LogP contribution in [-0.4, -0.2) is 14.4 Å². The molecule has 5 heteroatoms. The Bertz CT molecular complexity index is 1230. The summed E-state index contributed by atoms with van der Waals surface area (Å²) in [7, 11) is 0. The molecule has 0 fully saturated rings. The number of benzene rings is 3. The van der Waals surface area contributed by atoms with E-state index in [2.05, 4.69) is 16.5 Å². The molecule has 5 aromatic rings. The summed E-state index contributed by atoms with van der Waals surface area (Å²) < 4.78 is 2.10. The molecule has 2 heterocycles. The van der Waals surface area contributed by atoms with Crippen molar-refractivity contribution >= 4 is 33.3 Å². The summed E-state index contributed by atoms with van der Waals surface area (Å²) in [6.45, 7) is 0. The topological polar surface area (TPSA) is 56.2 Å². The smallest absolute Gasteiger partial charge is 0.398 e. The molecule has 0 bridgehead atoms. The van der Waals surface area contributed by atoms with Crippen LogP contribution in [-0.2, 0) is 19.5 Å². The minimum Gasteiger partial charge on any atom is -0.398 e. The van der Waals surface area contributed by atoms with Crippen LogP contribution in [0.15, 0.2) is 72.8 Å². The van der Waals surface area contributed by atoms with Gasteiger partial charge in [-0.05, 0) is 36.4 Å². The van der Waals surface area contributed by atoms with Gasteiger partial charge in [-0.15, -0.1) is 0 Å². The average Bonchev–Trinajstić information content (AvgIpc) is 3.01. The second kappa shape index (κ2) is 5.94. The fraction of sp³-hybridized carbons (Fsp3) is 0. The molecule has 0 atom stereocenters. The zero-order chi connectivity index (χ0) is 16.1. The normalized spacial score (nSPS) is 11.0. The molecule has 4 nitrogen and oxygen atoms in total. The maximum absolute atomic E-state index is 6.23. The molecule has 2 N–H and O–H groups in total. The van der Waals surface area contributed by atoms with Gasteiger partial charge in [-0.1, -0.05) is 36.4 Å². The average molecular weight is 376 g/mol. The Morgan fingerprint density at radius 3 is 2.24 bits per heavy atom. The third-order valence-corrected chi connectivity index (χ3v) is 4.35. The van der Waals surface area contributed by atoms with Crippen LogP contribution >= 0.6 is 0 Å². The van der Waals surface area contributed by atoms with E-state index in [4.69, 9.17) is 15.7 Å². The molecule has 0 saturated heterocycles. The van der Waals surface area contributed by atoms with Gasteiger partial charge in [-0.2, -0.15) is 0 Å². The monoisotopic (exact) mass is 374 g/mol. The van der Waals surface area contributed by atoms with Crippen LogP contribution in [0.5, 0.6) is 0 Å². The number of nitrogens with two attached hydrogens (primary N) is 1. The van der Waals surface area contributed by atoms with Crippen molar-refractivity contribution in [2.45, 2.75) is 0 Å². The second-order valence-electron chi connectivity index (χ2n) is 5.80. The van der Waals surface area contributed by atoms with Gasteiger partial charge in [-0.25, -0.2) is 9.97 Å². The third kappa shape index (κ3) is 2.31. The Hall–Kier alpha value is -2.78. The molecule has 0 aliphatic rings. The summed E-state index contributed by atoms with van der Waals surface area (Å²) >= 11 is 0. The number of anilines is 1. The van der Waals surface area contributed by atoms with E-state index < -0.39 is 0 Å². The molecular formula is C20H14N4Zn+2. The summed E-state index contributed by atoms with van der Waals surface area (Å²) in [5.41, 5.74) is 11.6. The zero-order valence-corrected chi connectivity index (χ0v) is 16.5. The minimum atomic E-state index is 0. The van der Waals surface area contributed by atoms with Crippen molar-refractivity contribution < 1.29 is 19.5 Å². The predicted octanol–water partition coefficient (Wildman–Crippen LogP) is 4.28. The molecule has 0 amide bonds. The first kappa shape index (κ1) is 15.7. The first-order valence-electron chi connectivity index (χ1n) is 7.84. The molecular weight excluding hydrogens is 362 g/mol. The van der Waals surface area contributed by atoms with Gasteiger partial charge in [-0.3, -0.25) is 4.40 Å². The van der Waals surface area contributed by atoms with E-state index in [0.29, 0.717) is 5.69 Å². The predicted molar refractivity (Wildman–Crippen MR) is 97.8 cm³/mol. The van der Waals surface area contributed by atoms with E-state index >= 15 is 0 Å². The van der Waals surface area contributed by atoms with Crippen LogP contribution in [0.2, 0.25) is 0 Å². The van der Waals surface area contributed by atoms with Gasteiger partial charge in [0.1, 0.15) is 11.5 Å². The number of hydrogen-bond acceptors (Lipinski definition) is 3. The van der Waals surface area contributed by atoms with E-state index in [-0.39, 0.29) is 19.5 Å². The van der Waals surface area contributed by atoms with Crippen molar-refractivity contribution in [3.63, 3.8) is 0 Å². The minimum absolute atomic E-state index is 0. The van der Waals surface area contributed by atoms with Crippen molar-refractivity contribution in [3.8, 4) is 11.4 Å². The van der Waals surface area contributed by atoms with E-state index in [1.807, 2.05) is 60.7 Å². The van der Waals surface area contributed by atoms with Crippen molar-refractivity contribution in [3.05, 3.63) is 72.8 Å². The number of rotatable bonds is 1. The summed E-state index contributed by atoms with van der Waals surface area (Å²) in [5.74, 6) is 0.815. The Kier molecular flexibility index (Phi) is 3.74. The number of aromatic nitrogens is 3. The SMILES string of the molecule is Nc1ccccc1-c1nc2ccccc2c2nc3ccccc3n12.[Zn+2]. The number of nitrogen functional groups attached to an aromatic ring is 1. The largest absolute Gasteiger partial charge is 2.00 e. The quantitative estimate of drug-likeness (QED) is 0.351. The summed E-state index contributed by atoms with van der Waals surface area (Å²) in [4.78, 5) is 9.74. The van der Waals surface area contributed by atoms with E-state index in [1.165, 1.54) is 0 Å². The number of nitrogens with zero attached hydrogens (tertiary/aromatic N) is 3. The fourth-order valence-electron chi connectivity index (χ4n) is 3.23. The maximum Gasteiger partial charge on any atom is 2.00 e. The number of fused-ring (bicyclic) bond motifs is 5. The summed E-state index contributed by atoms with van der Waals surface area (Å²) in [5, 5.41) is 1.03. The fourth-order valence-corrected chi connectivity index (χ4v) is 3.23. The van der Waals surface area contributed by atoms with Crippen LogP contribution in [0.1, 0.15) is 0 Å². The molecule has 0 unspecified atom stereocenters. The summed E-state index contributed by atoms with van der Waals surface area (Å²) in [6, 6.07) is 24.0. The van der Waals surface area contributed by atoms with Gasteiger partial charge >= 0.3 is 19.5 Å². The maximum atomic E-state index is 6.23. The standard InChI is InChI=1S/C20H14N4.Zn/c21-15-9-3-1-7-13(15)19-22-16-10-4-2-8-14(16)20-23-17-11-5-6-12-18(17)24(19)20;/h1-12H,21H2;/q;+2. The van der Waals surface area contributed by atoms with Crippen LogP contribution in [0.3, 0.4) is 0 Å². The Morgan fingerprint density at radius 1 is 0.720 bits per heavy atom. The van der Waals surface area contributed by atoms with Crippen LogP contribution < -0.4 is 5.73 Å².